The Labute approximate surface area is 328 Å². The van der Waals surface area contributed by atoms with Crippen molar-refractivity contribution < 1.29 is 32.3 Å². The van der Waals surface area contributed by atoms with Gasteiger partial charge in [0.2, 0.25) is 21.8 Å². The van der Waals surface area contributed by atoms with Crippen LogP contribution in [0.15, 0.2) is 66.3 Å². The number of sulfonamides is 1. The van der Waals surface area contributed by atoms with Crippen molar-refractivity contribution in [3.63, 3.8) is 0 Å². The summed E-state index contributed by atoms with van der Waals surface area (Å²) in [7, 11) is -3.89. The van der Waals surface area contributed by atoms with Gasteiger partial charge < -0.3 is 15.4 Å². The van der Waals surface area contributed by atoms with Crippen LogP contribution >= 0.6 is 11.3 Å². The van der Waals surface area contributed by atoms with Crippen molar-refractivity contribution in [2.75, 3.05) is 0 Å². The Morgan fingerprint density at radius 3 is 2.46 bits per heavy atom. The molecule has 1 aliphatic heterocycles. The first-order valence-electron chi connectivity index (χ1n) is 19.2. The Morgan fingerprint density at radius 1 is 0.946 bits per heavy atom. The first-order chi connectivity index (χ1) is 27.0. The van der Waals surface area contributed by atoms with E-state index in [1.165, 1.54) is 23.7 Å². The summed E-state index contributed by atoms with van der Waals surface area (Å²) in [5.74, 6) is -4.25. The fourth-order valence-electron chi connectivity index (χ4n) is 7.80. The van der Waals surface area contributed by atoms with Gasteiger partial charge in [-0.05, 0) is 81.9 Å². The SMILES string of the molecule is Cc1cnc(C(=O)N[C@@H]2CCCCC/C=C\C3C[C@@]3(C(=O)NS(=O)(=O)C3CC3)NC(=O)[C@@H]3C[C@@H](Oc4nc5ccccc5nc4-c4cccs4)CC3C2=O)cn1. The molecule has 16 heteroatoms. The number of nitrogens with zero attached hydrogens (tertiary/aromatic N) is 4. The van der Waals surface area contributed by atoms with Crippen molar-refractivity contribution in [3.05, 3.63) is 77.7 Å². The maximum Gasteiger partial charge on any atom is 0.272 e. The fraction of sp³-hybridized carbons (Fsp3) is 0.450. The van der Waals surface area contributed by atoms with Crippen LogP contribution in [0.1, 0.15) is 80.4 Å². The van der Waals surface area contributed by atoms with Crippen molar-refractivity contribution in [1.82, 2.24) is 35.3 Å². The number of aryl methyl sites for hydroxylation is 1. The van der Waals surface area contributed by atoms with Crippen LogP contribution in [0.2, 0.25) is 0 Å². The van der Waals surface area contributed by atoms with Gasteiger partial charge in [0.25, 0.3) is 11.8 Å². The summed E-state index contributed by atoms with van der Waals surface area (Å²) in [4.78, 5) is 75.5. The molecule has 8 rings (SSSR count). The summed E-state index contributed by atoms with van der Waals surface area (Å²) in [5, 5.41) is 7.13. The minimum absolute atomic E-state index is 0.0659. The van der Waals surface area contributed by atoms with E-state index in [4.69, 9.17) is 14.7 Å². The lowest BCUT2D eigenvalue weighted by atomic mass is 9.85. The summed E-state index contributed by atoms with van der Waals surface area (Å²) in [6.07, 6.45) is 10.7. The number of carbonyl (C=O) groups is 4. The molecule has 3 aromatic heterocycles. The van der Waals surface area contributed by atoms with E-state index in [2.05, 4.69) is 25.3 Å². The number of hydrogen-bond acceptors (Lipinski definition) is 12. The van der Waals surface area contributed by atoms with Crippen molar-refractivity contribution >= 4 is 55.9 Å². The van der Waals surface area contributed by atoms with Gasteiger partial charge in [0.05, 0.1) is 45.0 Å². The van der Waals surface area contributed by atoms with Crippen LogP contribution in [0, 0.1) is 24.7 Å². The number of fused-ring (bicyclic) bond motifs is 3. The number of aromatic nitrogens is 4. The topological polar surface area (TPSA) is 199 Å². The van der Waals surface area contributed by atoms with E-state index in [1.54, 1.807) is 6.92 Å². The Hall–Kier alpha value is -5.09. The molecule has 0 radical (unpaired) electrons. The average Bonchev–Trinajstić information content (AvgIpc) is 4.05. The van der Waals surface area contributed by atoms with Crippen molar-refractivity contribution in [2.45, 2.75) is 94.1 Å². The highest BCUT2D eigenvalue weighted by Gasteiger charge is 2.62. The van der Waals surface area contributed by atoms with Crippen LogP contribution in [0.4, 0.5) is 0 Å². The molecular weight excluding hydrogens is 755 g/mol. The number of nitrogens with one attached hydrogen (secondary N) is 3. The average molecular weight is 798 g/mol. The molecule has 1 aromatic carbocycles. The van der Waals surface area contributed by atoms with E-state index in [1.807, 2.05) is 53.9 Å². The van der Waals surface area contributed by atoms with E-state index in [0.717, 1.165) is 17.7 Å². The fourth-order valence-corrected chi connectivity index (χ4v) is 9.87. The Morgan fingerprint density at radius 2 is 1.73 bits per heavy atom. The second-order valence-electron chi connectivity index (χ2n) is 15.3. The molecule has 3 fully saturated rings. The second-order valence-corrected chi connectivity index (χ2v) is 18.2. The molecule has 2 unspecified atom stereocenters. The van der Waals surface area contributed by atoms with Crippen LogP contribution in [-0.4, -0.2) is 74.8 Å². The second kappa shape index (κ2) is 15.4. The molecule has 3 N–H and O–H groups in total. The van der Waals surface area contributed by atoms with E-state index in [-0.39, 0.29) is 36.6 Å². The number of ether oxygens (including phenoxy) is 1. The third kappa shape index (κ3) is 7.94. The Kier molecular flexibility index (Phi) is 10.4. The first kappa shape index (κ1) is 37.8. The smallest absolute Gasteiger partial charge is 0.272 e. The van der Waals surface area contributed by atoms with Crippen LogP contribution in [0.3, 0.4) is 0 Å². The molecule has 3 amide bonds. The number of hydrogen-bond donors (Lipinski definition) is 3. The summed E-state index contributed by atoms with van der Waals surface area (Å²) < 4.78 is 34.6. The van der Waals surface area contributed by atoms with E-state index in [0.29, 0.717) is 54.5 Å². The minimum atomic E-state index is -3.89. The molecule has 4 aliphatic rings. The lowest BCUT2D eigenvalue weighted by Gasteiger charge is -2.26. The van der Waals surface area contributed by atoms with Crippen LogP contribution < -0.4 is 20.1 Å². The van der Waals surface area contributed by atoms with Gasteiger partial charge in [-0.2, -0.15) is 0 Å². The molecule has 3 saturated carbocycles. The van der Waals surface area contributed by atoms with Crippen LogP contribution in [0.25, 0.3) is 21.6 Å². The number of para-hydroxylation sites is 2. The molecule has 14 nitrogen and oxygen atoms in total. The molecule has 4 aromatic rings. The Bertz CT molecular complexity index is 2300. The predicted octanol–water partition coefficient (Wildman–Crippen LogP) is 4.60. The molecule has 6 atom stereocenters. The molecule has 0 spiro atoms. The zero-order chi connectivity index (χ0) is 39.0. The Balaban J connectivity index is 1.12. The summed E-state index contributed by atoms with van der Waals surface area (Å²) in [6.45, 7) is 1.76. The maximum atomic E-state index is 14.7. The van der Waals surface area contributed by atoms with E-state index in [9.17, 15) is 27.6 Å². The summed E-state index contributed by atoms with van der Waals surface area (Å²) >= 11 is 1.48. The van der Waals surface area contributed by atoms with Gasteiger partial charge in [-0.15, -0.1) is 11.3 Å². The number of Topliss-reactive ketones (excluding diaryl/α,β-unsaturated/α-hetero) is 1. The standard InChI is InChI=1S/C40H43N7O7S2/c1-23-21-42-32(22-41-23)37(50)44-31-13-6-4-2-3-5-10-24-20-40(24,39(51)47-56(52,53)26-15-16-26)46-36(49)28-19-25(18-27(28)35(31)48)54-38-34(33-14-9-17-55-33)43-29-11-7-8-12-30(29)45-38/h5,7-12,14,17,21-22,24-28,31H,2-4,6,13,15-16,18-20H2,1H3,(H,44,50)(H,46,49)(H,47,51)/b10-5-/t24?,25-,27?,28+,31+,40+/m0/s1. The largest absolute Gasteiger partial charge is 0.473 e. The lowest BCUT2D eigenvalue weighted by molar-refractivity contribution is -0.136. The number of benzene rings is 1. The van der Waals surface area contributed by atoms with Crippen molar-refractivity contribution in [2.24, 2.45) is 17.8 Å². The van der Waals surface area contributed by atoms with Gasteiger partial charge >= 0.3 is 0 Å². The normalized spacial score (nSPS) is 27.5. The zero-order valence-corrected chi connectivity index (χ0v) is 32.5. The maximum absolute atomic E-state index is 14.7. The van der Waals surface area contributed by atoms with Gasteiger partial charge in [-0.25, -0.2) is 23.4 Å². The predicted molar refractivity (Wildman–Crippen MR) is 208 cm³/mol. The van der Waals surface area contributed by atoms with Gasteiger partial charge in [-0.1, -0.05) is 43.2 Å². The van der Waals surface area contributed by atoms with Crippen molar-refractivity contribution in [1.29, 1.82) is 0 Å². The molecule has 56 heavy (non-hydrogen) atoms. The zero-order valence-electron chi connectivity index (χ0n) is 30.8. The summed E-state index contributed by atoms with van der Waals surface area (Å²) in [6, 6.07) is 10.3. The molecule has 4 heterocycles. The quantitative estimate of drug-likeness (QED) is 0.211. The first-order valence-corrected chi connectivity index (χ1v) is 21.6. The van der Waals surface area contributed by atoms with Gasteiger partial charge in [-0.3, -0.25) is 28.9 Å². The molecule has 3 aliphatic carbocycles. The number of rotatable bonds is 8. The number of ketones is 1. The van der Waals surface area contributed by atoms with Gasteiger partial charge in [0.15, 0.2) is 5.78 Å². The molecule has 0 saturated heterocycles. The third-order valence-corrected chi connectivity index (χ3v) is 13.8. The number of amides is 3. The number of thiophene rings is 1. The molecule has 292 valence electrons. The van der Waals surface area contributed by atoms with Crippen LogP contribution in [-0.2, 0) is 24.4 Å². The van der Waals surface area contributed by atoms with E-state index >= 15 is 0 Å². The minimum Gasteiger partial charge on any atom is -0.473 e. The van der Waals surface area contributed by atoms with Crippen LogP contribution in [0.5, 0.6) is 5.88 Å². The highest BCUT2D eigenvalue weighted by molar-refractivity contribution is 7.91. The third-order valence-electron chi connectivity index (χ3n) is 11.2. The monoisotopic (exact) mass is 797 g/mol. The molecule has 0 bridgehead atoms. The lowest BCUT2D eigenvalue weighted by Crippen LogP contribution is -2.54. The highest BCUT2D eigenvalue weighted by atomic mass is 32.2. The van der Waals surface area contributed by atoms with Gasteiger partial charge in [0, 0.05) is 18.0 Å². The highest BCUT2D eigenvalue weighted by Crippen LogP contribution is 2.47. The van der Waals surface area contributed by atoms with E-state index < -0.39 is 68.4 Å². The van der Waals surface area contributed by atoms with Crippen molar-refractivity contribution in [3.8, 4) is 16.5 Å². The number of allylic oxidation sites excluding steroid dienone is 1. The summed E-state index contributed by atoms with van der Waals surface area (Å²) in [5.41, 5.74) is 1.05. The molecular formula is C40H43N7O7S2. The van der Waals surface area contributed by atoms with Gasteiger partial charge in [0.1, 0.15) is 23.0 Å². The number of carbonyl (C=O) groups excluding carboxylic acids is 4.